The molecule has 0 radical (unpaired) electrons. The molecule has 1 unspecified atom stereocenters. The van der Waals surface area contributed by atoms with Gasteiger partial charge in [-0.15, -0.1) is 11.8 Å². The minimum atomic E-state index is -0.333. The van der Waals surface area contributed by atoms with Crippen LogP contribution in [0.1, 0.15) is 47.0 Å². The van der Waals surface area contributed by atoms with Gasteiger partial charge >= 0.3 is 5.97 Å². The molecule has 0 bridgehead atoms. The standard InChI is InChI=1S/C19H26N2O3S/c1-24-19(23)16-8-6-15(7-9-16)18-21(17(22)14-25-18)13-5-12-20-10-3-2-4-11-20/h6-9,18H,2-5,10-14H2,1H3. The van der Waals surface area contributed by atoms with Crippen molar-refractivity contribution in [3.8, 4) is 0 Å². The van der Waals surface area contributed by atoms with Gasteiger partial charge in [-0.05, 0) is 56.6 Å². The Morgan fingerprint density at radius 3 is 2.56 bits per heavy atom. The zero-order chi connectivity index (χ0) is 17.6. The van der Waals surface area contributed by atoms with E-state index in [0.29, 0.717) is 11.3 Å². The number of methoxy groups -OCH3 is 1. The molecule has 0 saturated carbocycles. The lowest BCUT2D eigenvalue weighted by molar-refractivity contribution is -0.128. The third-order valence-corrected chi connectivity index (χ3v) is 6.16. The monoisotopic (exact) mass is 362 g/mol. The van der Waals surface area contributed by atoms with Crippen LogP contribution in [0.2, 0.25) is 0 Å². The summed E-state index contributed by atoms with van der Waals surface area (Å²) in [6.45, 7) is 4.26. The normalized spacial score (nSPS) is 21.6. The molecule has 0 aromatic heterocycles. The first-order valence-electron chi connectivity index (χ1n) is 9.01. The van der Waals surface area contributed by atoms with E-state index in [0.717, 1.165) is 25.1 Å². The van der Waals surface area contributed by atoms with Crippen LogP contribution in [0.5, 0.6) is 0 Å². The van der Waals surface area contributed by atoms with Crippen molar-refractivity contribution < 1.29 is 14.3 Å². The fourth-order valence-electron chi connectivity index (χ4n) is 3.52. The summed E-state index contributed by atoms with van der Waals surface area (Å²) in [5.74, 6) is 0.415. The molecule has 0 N–H and O–H groups in total. The van der Waals surface area contributed by atoms with Crippen molar-refractivity contribution in [3.63, 3.8) is 0 Å². The number of amides is 1. The summed E-state index contributed by atoms with van der Waals surface area (Å²) >= 11 is 1.66. The van der Waals surface area contributed by atoms with Crippen LogP contribution in [0, 0.1) is 0 Å². The molecule has 3 rings (SSSR count). The first kappa shape index (κ1) is 18.3. The summed E-state index contributed by atoms with van der Waals surface area (Å²) in [7, 11) is 1.38. The van der Waals surface area contributed by atoms with Gasteiger partial charge in [-0.1, -0.05) is 18.6 Å². The average Bonchev–Trinajstić information content (AvgIpc) is 3.03. The molecule has 1 amide bonds. The number of carbonyl (C=O) groups excluding carboxylic acids is 2. The SMILES string of the molecule is COC(=O)c1ccc(C2SCC(=O)N2CCCN2CCCCC2)cc1. The molecule has 2 saturated heterocycles. The highest BCUT2D eigenvalue weighted by Gasteiger charge is 2.32. The smallest absolute Gasteiger partial charge is 0.337 e. The van der Waals surface area contributed by atoms with E-state index in [1.54, 1.807) is 23.9 Å². The highest BCUT2D eigenvalue weighted by molar-refractivity contribution is 8.00. The van der Waals surface area contributed by atoms with Crippen LogP contribution in [-0.2, 0) is 9.53 Å². The number of hydrogen-bond acceptors (Lipinski definition) is 5. The van der Waals surface area contributed by atoms with Crippen molar-refractivity contribution in [2.24, 2.45) is 0 Å². The lowest BCUT2D eigenvalue weighted by Crippen LogP contribution is -2.34. The summed E-state index contributed by atoms with van der Waals surface area (Å²) in [5.41, 5.74) is 1.61. The molecule has 0 spiro atoms. The molecule has 6 heteroatoms. The van der Waals surface area contributed by atoms with Gasteiger partial charge in [0.1, 0.15) is 5.37 Å². The maximum atomic E-state index is 12.3. The third-order valence-electron chi connectivity index (χ3n) is 4.91. The number of piperidine rings is 1. The first-order chi connectivity index (χ1) is 12.2. The fourth-order valence-corrected chi connectivity index (χ4v) is 4.74. The molecule has 2 heterocycles. The number of benzene rings is 1. The van der Waals surface area contributed by atoms with Gasteiger partial charge in [0.15, 0.2) is 0 Å². The summed E-state index contributed by atoms with van der Waals surface area (Å²) < 4.78 is 4.74. The van der Waals surface area contributed by atoms with Crippen LogP contribution in [0.4, 0.5) is 0 Å². The molecular weight excluding hydrogens is 336 g/mol. The van der Waals surface area contributed by atoms with Crippen LogP contribution >= 0.6 is 11.8 Å². The summed E-state index contributed by atoms with van der Waals surface area (Å²) in [4.78, 5) is 28.3. The molecule has 1 aromatic carbocycles. The predicted molar refractivity (Wildman–Crippen MR) is 99.6 cm³/mol. The molecule has 2 aliphatic heterocycles. The maximum Gasteiger partial charge on any atom is 0.337 e. The van der Waals surface area contributed by atoms with Crippen molar-refractivity contribution in [2.75, 3.05) is 39.0 Å². The predicted octanol–water partition coefficient (Wildman–Crippen LogP) is 2.92. The van der Waals surface area contributed by atoms with Crippen molar-refractivity contribution in [2.45, 2.75) is 31.1 Å². The van der Waals surface area contributed by atoms with Crippen LogP contribution in [0.3, 0.4) is 0 Å². The number of esters is 1. The highest BCUT2D eigenvalue weighted by atomic mass is 32.2. The summed E-state index contributed by atoms with van der Waals surface area (Å²) in [5, 5.41) is 0.0561. The molecule has 25 heavy (non-hydrogen) atoms. The van der Waals surface area contributed by atoms with E-state index in [1.807, 2.05) is 17.0 Å². The van der Waals surface area contributed by atoms with Gasteiger partial charge in [0, 0.05) is 6.54 Å². The summed E-state index contributed by atoms with van der Waals surface area (Å²) in [6.07, 6.45) is 4.96. The van der Waals surface area contributed by atoms with Gasteiger partial charge in [-0.25, -0.2) is 4.79 Å². The van der Waals surface area contributed by atoms with E-state index in [4.69, 9.17) is 4.74 Å². The van der Waals surface area contributed by atoms with Gasteiger partial charge < -0.3 is 14.5 Å². The molecule has 2 aliphatic rings. The zero-order valence-electron chi connectivity index (χ0n) is 14.8. The van der Waals surface area contributed by atoms with Gasteiger partial charge in [0.2, 0.25) is 5.91 Å². The van der Waals surface area contributed by atoms with Gasteiger partial charge in [-0.2, -0.15) is 0 Å². The minimum Gasteiger partial charge on any atom is -0.465 e. The number of rotatable bonds is 6. The van der Waals surface area contributed by atoms with Crippen molar-refractivity contribution in [1.82, 2.24) is 9.80 Å². The maximum absolute atomic E-state index is 12.3. The van der Waals surface area contributed by atoms with E-state index in [-0.39, 0.29) is 17.3 Å². The van der Waals surface area contributed by atoms with Crippen molar-refractivity contribution >= 4 is 23.6 Å². The third kappa shape index (κ3) is 4.55. The lowest BCUT2D eigenvalue weighted by Gasteiger charge is -2.29. The largest absolute Gasteiger partial charge is 0.465 e. The molecule has 5 nitrogen and oxygen atoms in total. The molecular formula is C19H26N2O3S. The Morgan fingerprint density at radius 1 is 1.16 bits per heavy atom. The first-order valence-corrected chi connectivity index (χ1v) is 10.1. The topological polar surface area (TPSA) is 49.9 Å². The minimum absolute atomic E-state index is 0.0561. The Hall–Kier alpha value is -1.53. The average molecular weight is 362 g/mol. The van der Waals surface area contributed by atoms with Crippen molar-refractivity contribution in [3.05, 3.63) is 35.4 Å². The second-order valence-corrected chi connectivity index (χ2v) is 7.69. The van der Waals surface area contributed by atoms with Crippen LogP contribution in [-0.4, -0.2) is 60.7 Å². The second-order valence-electron chi connectivity index (χ2n) is 6.62. The van der Waals surface area contributed by atoms with E-state index < -0.39 is 0 Å². The van der Waals surface area contributed by atoms with E-state index in [2.05, 4.69) is 4.90 Å². The number of hydrogen-bond donors (Lipinski definition) is 0. The van der Waals surface area contributed by atoms with E-state index >= 15 is 0 Å². The Balaban J connectivity index is 1.58. The quantitative estimate of drug-likeness (QED) is 0.728. The number of thioether (sulfide) groups is 1. The molecule has 1 atom stereocenters. The van der Waals surface area contributed by atoms with E-state index in [1.165, 1.54) is 39.5 Å². The van der Waals surface area contributed by atoms with Gasteiger partial charge in [0.25, 0.3) is 0 Å². The van der Waals surface area contributed by atoms with Crippen molar-refractivity contribution in [1.29, 1.82) is 0 Å². The Bertz CT molecular complexity index is 599. The molecule has 1 aromatic rings. The number of nitrogens with zero attached hydrogens (tertiary/aromatic N) is 2. The Morgan fingerprint density at radius 2 is 1.88 bits per heavy atom. The molecule has 2 fully saturated rings. The zero-order valence-corrected chi connectivity index (χ0v) is 15.6. The van der Waals surface area contributed by atoms with Gasteiger partial charge in [-0.3, -0.25) is 4.79 Å². The number of carbonyl (C=O) groups is 2. The molecule has 136 valence electrons. The van der Waals surface area contributed by atoms with E-state index in [9.17, 15) is 9.59 Å². The van der Waals surface area contributed by atoms with Gasteiger partial charge in [0.05, 0.1) is 18.4 Å². The fraction of sp³-hybridized carbons (Fsp3) is 0.579. The Kier molecular flexibility index (Phi) is 6.37. The molecule has 0 aliphatic carbocycles. The van der Waals surface area contributed by atoms with Crippen LogP contribution in [0.25, 0.3) is 0 Å². The number of likely N-dealkylation sites (tertiary alicyclic amines) is 1. The van der Waals surface area contributed by atoms with Crippen LogP contribution < -0.4 is 0 Å². The summed E-state index contributed by atoms with van der Waals surface area (Å²) in [6, 6.07) is 7.41. The highest BCUT2D eigenvalue weighted by Crippen LogP contribution is 2.38. The lowest BCUT2D eigenvalue weighted by atomic mass is 10.1. The number of ether oxygens (including phenoxy) is 1. The van der Waals surface area contributed by atoms with Crippen LogP contribution in [0.15, 0.2) is 24.3 Å². The second kappa shape index (κ2) is 8.72. The Labute approximate surface area is 153 Å².